The molecule has 4 heteroatoms. The summed E-state index contributed by atoms with van der Waals surface area (Å²) in [6, 6.07) is 72.9. The van der Waals surface area contributed by atoms with E-state index < -0.39 is 0 Å². The van der Waals surface area contributed by atoms with Crippen molar-refractivity contribution >= 4 is 38.6 Å². The number of fused-ring (bicyclic) bond motifs is 3. The first-order valence-corrected chi connectivity index (χ1v) is 19.3. The van der Waals surface area contributed by atoms with Crippen LogP contribution in [0.3, 0.4) is 0 Å². The van der Waals surface area contributed by atoms with E-state index in [4.69, 9.17) is 15.0 Å². The van der Waals surface area contributed by atoms with Gasteiger partial charge < -0.3 is 4.90 Å². The van der Waals surface area contributed by atoms with E-state index >= 15 is 0 Å². The number of nitrogens with zero attached hydrogens (tertiary/aromatic N) is 4. The highest BCUT2D eigenvalue weighted by Crippen LogP contribution is 2.54. The van der Waals surface area contributed by atoms with E-state index in [-0.39, 0.29) is 0 Å². The smallest absolute Gasteiger partial charge is 0.164 e. The van der Waals surface area contributed by atoms with Gasteiger partial charge in [-0.2, -0.15) is 0 Å². The Balaban J connectivity index is 1.10. The van der Waals surface area contributed by atoms with Crippen LogP contribution in [0.2, 0.25) is 0 Å². The molecule has 1 aliphatic heterocycles. The molecule has 57 heavy (non-hydrogen) atoms. The summed E-state index contributed by atoms with van der Waals surface area (Å²) in [4.78, 5) is 17.9. The highest BCUT2D eigenvalue weighted by atomic mass is 15.2. The zero-order chi connectivity index (χ0) is 37.7. The van der Waals surface area contributed by atoms with Crippen LogP contribution in [0.4, 0.5) is 17.1 Å². The molecule has 2 heterocycles. The lowest BCUT2D eigenvalue weighted by Gasteiger charge is -2.35. The van der Waals surface area contributed by atoms with Crippen molar-refractivity contribution in [2.45, 2.75) is 0 Å². The van der Waals surface area contributed by atoms with Crippen LogP contribution >= 0.6 is 0 Å². The van der Waals surface area contributed by atoms with Crippen molar-refractivity contribution in [1.82, 2.24) is 15.0 Å². The van der Waals surface area contributed by atoms with Crippen LogP contribution in [0.5, 0.6) is 0 Å². The molecule has 0 saturated carbocycles. The molecule has 0 saturated heterocycles. The van der Waals surface area contributed by atoms with Crippen molar-refractivity contribution in [2.75, 3.05) is 4.90 Å². The molecular weight excluding hydrogens is 693 g/mol. The maximum atomic E-state index is 5.25. The zero-order valence-corrected chi connectivity index (χ0v) is 30.9. The van der Waals surface area contributed by atoms with E-state index in [1.165, 1.54) is 38.6 Å². The summed E-state index contributed by atoms with van der Waals surface area (Å²) in [5.41, 5.74) is 13.3. The standard InChI is InChI=1S/C53H34N4/c1-4-15-37(16-5-1)43-22-13-25-47-49(43)46-24-12-23-44-45(32-33-48(50(44)46)57(47)42-20-8-3-9-21-42)53-55-51(38-17-6-2-7-18-38)54-52(56-53)39-29-26-36(27-30-39)41-31-28-35-14-10-11-19-40(35)34-41/h1-34H. The summed E-state index contributed by atoms with van der Waals surface area (Å²) in [6.45, 7) is 0. The van der Waals surface area contributed by atoms with Crippen LogP contribution in [0.15, 0.2) is 206 Å². The summed E-state index contributed by atoms with van der Waals surface area (Å²) in [5, 5.41) is 4.71. The van der Waals surface area contributed by atoms with Crippen molar-refractivity contribution in [2.24, 2.45) is 0 Å². The molecule has 0 atom stereocenters. The molecule has 1 aromatic heterocycles. The van der Waals surface area contributed by atoms with Crippen molar-refractivity contribution in [3.8, 4) is 67.5 Å². The van der Waals surface area contributed by atoms with E-state index in [9.17, 15) is 0 Å². The third-order valence-electron chi connectivity index (χ3n) is 11.0. The van der Waals surface area contributed by atoms with Crippen LogP contribution < -0.4 is 4.90 Å². The van der Waals surface area contributed by atoms with Crippen LogP contribution in [-0.4, -0.2) is 15.0 Å². The molecule has 0 amide bonds. The largest absolute Gasteiger partial charge is 0.309 e. The normalized spacial score (nSPS) is 11.8. The molecule has 0 unspecified atom stereocenters. The average molecular weight is 727 g/mol. The second-order valence-electron chi connectivity index (χ2n) is 14.4. The molecule has 4 nitrogen and oxygen atoms in total. The Labute approximate surface area is 331 Å². The molecule has 266 valence electrons. The fourth-order valence-electron chi connectivity index (χ4n) is 8.35. The van der Waals surface area contributed by atoms with Gasteiger partial charge in [-0.25, -0.2) is 15.0 Å². The predicted octanol–water partition coefficient (Wildman–Crippen LogP) is 14.0. The Bertz CT molecular complexity index is 3110. The lowest BCUT2D eigenvalue weighted by molar-refractivity contribution is 1.08. The van der Waals surface area contributed by atoms with Gasteiger partial charge in [-0.1, -0.05) is 170 Å². The zero-order valence-electron chi connectivity index (χ0n) is 30.9. The third-order valence-corrected chi connectivity index (χ3v) is 11.0. The summed E-state index contributed by atoms with van der Waals surface area (Å²) in [5.74, 6) is 1.90. The molecule has 1 aliphatic rings. The number of hydrogen-bond acceptors (Lipinski definition) is 4. The van der Waals surface area contributed by atoms with E-state index in [2.05, 4.69) is 193 Å². The quantitative estimate of drug-likeness (QED) is 0.171. The fraction of sp³-hybridized carbons (Fsp3) is 0. The van der Waals surface area contributed by atoms with Gasteiger partial charge in [0, 0.05) is 33.3 Å². The maximum Gasteiger partial charge on any atom is 0.164 e. The molecule has 0 aliphatic carbocycles. The van der Waals surface area contributed by atoms with Crippen molar-refractivity contribution in [3.63, 3.8) is 0 Å². The number of para-hydroxylation sites is 1. The number of hydrogen-bond donors (Lipinski definition) is 0. The molecular formula is C53H34N4. The molecule has 0 bridgehead atoms. The minimum absolute atomic E-state index is 0.631. The highest BCUT2D eigenvalue weighted by molar-refractivity contribution is 6.19. The minimum atomic E-state index is 0.631. The number of aromatic nitrogens is 3. The number of rotatable bonds is 6. The Morgan fingerprint density at radius 2 is 0.895 bits per heavy atom. The van der Waals surface area contributed by atoms with Crippen molar-refractivity contribution < 1.29 is 0 Å². The molecule has 11 rings (SSSR count). The van der Waals surface area contributed by atoms with E-state index in [1.54, 1.807) is 0 Å². The summed E-state index contributed by atoms with van der Waals surface area (Å²) >= 11 is 0. The van der Waals surface area contributed by atoms with Gasteiger partial charge in [0.25, 0.3) is 0 Å². The maximum absolute atomic E-state index is 5.25. The Morgan fingerprint density at radius 3 is 1.65 bits per heavy atom. The summed E-state index contributed by atoms with van der Waals surface area (Å²) in [7, 11) is 0. The van der Waals surface area contributed by atoms with Gasteiger partial charge in [-0.3, -0.25) is 0 Å². The summed E-state index contributed by atoms with van der Waals surface area (Å²) < 4.78 is 0. The van der Waals surface area contributed by atoms with Gasteiger partial charge in [-0.05, 0) is 80.4 Å². The fourth-order valence-corrected chi connectivity index (χ4v) is 8.35. The predicted molar refractivity (Wildman–Crippen MR) is 236 cm³/mol. The van der Waals surface area contributed by atoms with Gasteiger partial charge in [0.1, 0.15) is 0 Å². The van der Waals surface area contributed by atoms with E-state index in [1.807, 2.05) is 18.2 Å². The van der Waals surface area contributed by atoms with Crippen molar-refractivity contribution in [3.05, 3.63) is 206 Å². The van der Waals surface area contributed by atoms with E-state index in [0.29, 0.717) is 17.5 Å². The molecule has 0 radical (unpaired) electrons. The first-order valence-electron chi connectivity index (χ1n) is 19.3. The molecule has 0 N–H and O–H groups in total. The SMILES string of the molecule is c1ccc(-c2nc(-c3ccc(-c4ccc5ccccc5c4)cc3)nc(-c3ccc4c5c(cccc35)-c3c(-c5ccccc5)cccc3N4c3ccccc3)n2)cc1. The van der Waals surface area contributed by atoms with Gasteiger partial charge in [0.05, 0.1) is 11.4 Å². The Morgan fingerprint density at radius 1 is 0.316 bits per heavy atom. The second-order valence-corrected chi connectivity index (χ2v) is 14.4. The van der Waals surface area contributed by atoms with Crippen LogP contribution in [0, 0.1) is 0 Å². The summed E-state index contributed by atoms with van der Waals surface area (Å²) in [6.07, 6.45) is 0. The highest BCUT2D eigenvalue weighted by Gasteiger charge is 2.29. The minimum Gasteiger partial charge on any atom is -0.309 e. The topological polar surface area (TPSA) is 41.9 Å². The first-order chi connectivity index (χ1) is 28.3. The molecule has 9 aromatic carbocycles. The van der Waals surface area contributed by atoms with Gasteiger partial charge in [-0.15, -0.1) is 0 Å². The average Bonchev–Trinajstić information content (AvgIpc) is 3.29. The number of anilines is 3. The first kappa shape index (κ1) is 32.7. The van der Waals surface area contributed by atoms with Crippen LogP contribution in [-0.2, 0) is 0 Å². The number of benzene rings is 9. The van der Waals surface area contributed by atoms with E-state index in [0.717, 1.165) is 50.1 Å². The molecule has 10 aromatic rings. The van der Waals surface area contributed by atoms with Gasteiger partial charge >= 0.3 is 0 Å². The van der Waals surface area contributed by atoms with Crippen LogP contribution in [0.25, 0.3) is 89.1 Å². The third kappa shape index (κ3) is 5.66. The second kappa shape index (κ2) is 13.6. The van der Waals surface area contributed by atoms with Crippen molar-refractivity contribution in [1.29, 1.82) is 0 Å². The lowest BCUT2D eigenvalue weighted by Crippen LogP contribution is -2.15. The molecule has 0 spiro atoms. The van der Waals surface area contributed by atoms with Gasteiger partial charge in [0.15, 0.2) is 17.5 Å². The molecule has 0 fully saturated rings. The Kier molecular flexibility index (Phi) is 7.78. The monoisotopic (exact) mass is 726 g/mol. The van der Waals surface area contributed by atoms with Crippen LogP contribution in [0.1, 0.15) is 0 Å². The van der Waals surface area contributed by atoms with Gasteiger partial charge in [0.2, 0.25) is 0 Å². The lowest BCUT2D eigenvalue weighted by atomic mass is 9.85. The Hall–Kier alpha value is -7.69.